The highest BCUT2D eigenvalue weighted by Gasteiger charge is 2.11. The molecular weight excluding hydrogens is 232 g/mol. The number of hydrogen-bond acceptors (Lipinski definition) is 4. The molecule has 0 fully saturated rings. The summed E-state index contributed by atoms with van der Waals surface area (Å²) in [6.07, 6.45) is 3.63. The first kappa shape index (κ1) is 11.7. The molecule has 5 heteroatoms. The number of nitriles is 1. The summed E-state index contributed by atoms with van der Waals surface area (Å²) in [5.41, 5.74) is 2.31. The fourth-order valence-electron chi connectivity index (χ4n) is 1.56. The Labute approximate surface area is 104 Å². The lowest BCUT2D eigenvalue weighted by atomic mass is 10.2. The van der Waals surface area contributed by atoms with Crippen LogP contribution in [0.5, 0.6) is 0 Å². The van der Waals surface area contributed by atoms with Gasteiger partial charge in [0.2, 0.25) is 0 Å². The summed E-state index contributed by atoms with van der Waals surface area (Å²) < 4.78 is 1.93. The normalized spacial score (nSPS) is 10.2. The van der Waals surface area contributed by atoms with Gasteiger partial charge in [0, 0.05) is 30.0 Å². The summed E-state index contributed by atoms with van der Waals surface area (Å²) in [5, 5.41) is 10.0. The molecule has 17 heavy (non-hydrogen) atoms. The van der Waals surface area contributed by atoms with Crippen molar-refractivity contribution in [3.05, 3.63) is 35.4 Å². The SMILES string of the molecule is Cc1cc(Sc2nccn2C)c(C#N)c(C)n1. The van der Waals surface area contributed by atoms with Crippen LogP contribution in [0.25, 0.3) is 0 Å². The maximum atomic E-state index is 9.16. The van der Waals surface area contributed by atoms with Gasteiger partial charge in [0.25, 0.3) is 0 Å². The Balaban J connectivity index is 2.46. The van der Waals surface area contributed by atoms with Gasteiger partial charge in [-0.25, -0.2) is 4.98 Å². The minimum absolute atomic E-state index is 0.628. The molecule has 0 saturated heterocycles. The lowest BCUT2D eigenvalue weighted by Crippen LogP contribution is -1.96. The van der Waals surface area contributed by atoms with Crippen molar-refractivity contribution in [2.75, 3.05) is 0 Å². The molecule has 0 aliphatic carbocycles. The third-order valence-corrected chi connectivity index (χ3v) is 3.50. The number of imidazole rings is 1. The fourth-order valence-corrected chi connectivity index (χ4v) is 2.60. The van der Waals surface area contributed by atoms with E-state index in [0.29, 0.717) is 5.56 Å². The second kappa shape index (κ2) is 4.60. The Morgan fingerprint density at radius 3 is 2.76 bits per heavy atom. The Kier molecular flexibility index (Phi) is 3.16. The van der Waals surface area contributed by atoms with E-state index in [1.54, 1.807) is 6.20 Å². The van der Waals surface area contributed by atoms with Gasteiger partial charge in [-0.05, 0) is 19.9 Å². The van der Waals surface area contributed by atoms with Crippen molar-refractivity contribution in [2.45, 2.75) is 23.9 Å². The van der Waals surface area contributed by atoms with Crippen LogP contribution in [0.1, 0.15) is 17.0 Å². The Morgan fingerprint density at radius 1 is 1.41 bits per heavy atom. The quantitative estimate of drug-likeness (QED) is 0.814. The van der Waals surface area contributed by atoms with Crippen molar-refractivity contribution in [3.63, 3.8) is 0 Å². The minimum Gasteiger partial charge on any atom is -0.329 e. The van der Waals surface area contributed by atoms with Gasteiger partial charge in [0.05, 0.1) is 11.3 Å². The summed E-state index contributed by atoms with van der Waals surface area (Å²) in [6, 6.07) is 4.12. The summed E-state index contributed by atoms with van der Waals surface area (Å²) >= 11 is 1.49. The van der Waals surface area contributed by atoms with E-state index in [-0.39, 0.29) is 0 Å². The molecule has 0 saturated carbocycles. The smallest absolute Gasteiger partial charge is 0.172 e. The van der Waals surface area contributed by atoms with Gasteiger partial charge in [-0.15, -0.1) is 0 Å². The van der Waals surface area contributed by atoms with Crippen LogP contribution >= 0.6 is 11.8 Å². The van der Waals surface area contributed by atoms with Crippen LogP contribution in [0.2, 0.25) is 0 Å². The number of aryl methyl sites for hydroxylation is 3. The average Bonchev–Trinajstić information content (AvgIpc) is 2.64. The molecule has 0 N–H and O–H groups in total. The van der Waals surface area contributed by atoms with E-state index in [1.807, 2.05) is 37.7 Å². The zero-order chi connectivity index (χ0) is 12.4. The highest BCUT2D eigenvalue weighted by molar-refractivity contribution is 7.99. The summed E-state index contributed by atoms with van der Waals surface area (Å²) in [4.78, 5) is 9.44. The van der Waals surface area contributed by atoms with E-state index < -0.39 is 0 Å². The van der Waals surface area contributed by atoms with Crippen molar-refractivity contribution in [1.82, 2.24) is 14.5 Å². The summed E-state index contributed by atoms with van der Waals surface area (Å²) in [6.45, 7) is 3.78. The fraction of sp³-hybridized carbons (Fsp3) is 0.250. The zero-order valence-electron chi connectivity index (χ0n) is 9.93. The predicted molar refractivity (Wildman–Crippen MR) is 65.8 cm³/mol. The number of pyridine rings is 1. The molecule has 0 aliphatic rings. The van der Waals surface area contributed by atoms with E-state index in [2.05, 4.69) is 16.0 Å². The third kappa shape index (κ3) is 2.32. The molecular formula is C12H12N4S. The van der Waals surface area contributed by atoms with Gasteiger partial charge < -0.3 is 4.57 Å². The number of rotatable bonds is 2. The Bertz CT molecular complexity index is 595. The van der Waals surface area contributed by atoms with Crippen LogP contribution in [0.15, 0.2) is 28.5 Å². The van der Waals surface area contributed by atoms with Crippen LogP contribution in [-0.2, 0) is 7.05 Å². The molecule has 2 aromatic rings. The number of aromatic nitrogens is 3. The lowest BCUT2D eigenvalue weighted by molar-refractivity contribution is 0.790. The first-order chi connectivity index (χ1) is 8.11. The first-order valence-electron chi connectivity index (χ1n) is 5.15. The number of nitrogens with zero attached hydrogens (tertiary/aromatic N) is 4. The van der Waals surface area contributed by atoms with Crippen LogP contribution in [0.4, 0.5) is 0 Å². The molecule has 2 heterocycles. The monoisotopic (exact) mass is 244 g/mol. The molecule has 0 atom stereocenters. The molecule has 0 bridgehead atoms. The van der Waals surface area contributed by atoms with Crippen molar-refractivity contribution in [3.8, 4) is 6.07 Å². The van der Waals surface area contributed by atoms with Gasteiger partial charge in [0.1, 0.15) is 6.07 Å². The molecule has 0 aliphatic heterocycles. The topological polar surface area (TPSA) is 54.5 Å². The maximum absolute atomic E-state index is 9.16. The van der Waals surface area contributed by atoms with Crippen molar-refractivity contribution >= 4 is 11.8 Å². The van der Waals surface area contributed by atoms with Gasteiger partial charge >= 0.3 is 0 Å². The molecule has 0 aromatic carbocycles. The van der Waals surface area contributed by atoms with Gasteiger partial charge in [-0.2, -0.15) is 5.26 Å². The van der Waals surface area contributed by atoms with E-state index >= 15 is 0 Å². The third-order valence-electron chi connectivity index (χ3n) is 2.38. The molecule has 86 valence electrons. The molecule has 0 radical (unpaired) electrons. The molecule has 0 unspecified atom stereocenters. The van der Waals surface area contributed by atoms with E-state index in [4.69, 9.17) is 5.26 Å². The molecule has 2 aromatic heterocycles. The van der Waals surface area contributed by atoms with Gasteiger partial charge in [0.15, 0.2) is 5.16 Å². The maximum Gasteiger partial charge on any atom is 0.172 e. The predicted octanol–water partition coefficient (Wildman–Crippen LogP) is 2.45. The number of hydrogen-bond donors (Lipinski definition) is 0. The standard InChI is InChI=1S/C12H12N4S/c1-8-6-11(10(7-13)9(2)15-8)17-12-14-4-5-16(12)3/h4-6H,1-3H3. The first-order valence-corrected chi connectivity index (χ1v) is 5.97. The van der Waals surface area contributed by atoms with Crippen LogP contribution in [0.3, 0.4) is 0 Å². The highest BCUT2D eigenvalue weighted by atomic mass is 32.2. The van der Waals surface area contributed by atoms with Crippen molar-refractivity contribution < 1.29 is 0 Å². The molecule has 2 rings (SSSR count). The van der Waals surface area contributed by atoms with Crippen LogP contribution in [-0.4, -0.2) is 14.5 Å². The van der Waals surface area contributed by atoms with Crippen molar-refractivity contribution in [1.29, 1.82) is 5.26 Å². The second-order valence-corrected chi connectivity index (χ2v) is 4.77. The molecule has 4 nitrogen and oxygen atoms in total. The van der Waals surface area contributed by atoms with E-state index in [0.717, 1.165) is 21.4 Å². The molecule has 0 spiro atoms. The van der Waals surface area contributed by atoms with E-state index in [1.165, 1.54) is 11.8 Å². The minimum atomic E-state index is 0.628. The zero-order valence-corrected chi connectivity index (χ0v) is 10.7. The largest absolute Gasteiger partial charge is 0.329 e. The van der Waals surface area contributed by atoms with E-state index in [9.17, 15) is 0 Å². The Hall–Kier alpha value is -1.80. The lowest BCUT2D eigenvalue weighted by Gasteiger charge is -2.07. The summed E-state index contributed by atoms with van der Waals surface area (Å²) in [5.74, 6) is 0. The van der Waals surface area contributed by atoms with Crippen LogP contribution in [0, 0.1) is 25.2 Å². The highest BCUT2D eigenvalue weighted by Crippen LogP contribution is 2.30. The van der Waals surface area contributed by atoms with Gasteiger partial charge in [-0.1, -0.05) is 11.8 Å². The van der Waals surface area contributed by atoms with Gasteiger partial charge in [-0.3, -0.25) is 4.98 Å². The van der Waals surface area contributed by atoms with Crippen molar-refractivity contribution in [2.24, 2.45) is 7.05 Å². The molecule has 0 amide bonds. The van der Waals surface area contributed by atoms with Crippen LogP contribution < -0.4 is 0 Å². The average molecular weight is 244 g/mol. The summed E-state index contributed by atoms with van der Waals surface area (Å²) in [7, 11) is 1.93. The Morgan fingerprint density at radius 2 is 2.18 bits per heavy atom. The second-order valence-electron chi connectivity index (χ2n) is 3.76.